The number of benzene rings is 1. The Labute approximate surface area is 107 Å². The Morgan fingerprint density at radius 3 is 2.72 bits per heavy atom. The molecule has 0 bridgehead atoms. The van der Waals surface area contributed by atoms with E-state index in [2.05, 4.69) is 5.32 Å². The van der Waals surface area contributed by atoms with Gasteiger partial charge in [0.1, 0.15) is 11.5 Å². The molecule has 0 atom stereocenters. The number of phenolic OH excluding ortho intramolecular Hbond substituents is 1. The van der Waals surface area contributed by atoms with Gasteiger partial charge in [-0.25, -0.2) is 0 Å². The number of methoxy groups -OCH3 is 1. The van der Waals surface area contributed by atoms with E-state index in [4.69, 9.17) is 10.5 Å². The maximum atomic E-state index is 12.1. The second-order valence-corrected chi connectivity index (χ2v) is 4.76. The van der Waals surface area contributed by atoms with Crippen molar-refractivity contribution in [2.45, 2.75) is 25.8 Å². The monoisotopic (exact) mass is 252 g/mol. The number of hydrogen-bond acceptors (Lipinski definition) is 4. The highest BCUT2D eigenvalue weighted by Gasteiger charge is 2.22. The van der Waals surface area contributed by atoms with Crippen LogP contribution in [0, 0.1) is 0 Å². The van der Waals surface area contributed by atoms with Gasteiger partial charge in [0.15, 0.2) is 0 Å². The molecule has 1 rings (SSSR count). The van der Waals surface area contributed by atoms with Crippen molar-refractivity contribution in [2.75, 3.05) is 13.7 Å². The molecule has 1 aromatic carbocycles. The largest absolute Gasteiger partial charge is 0.507 e. The highest BCUT2D eigenvalue weighted by molar-refractivity contribution is 5.97. The first-order valence-electron chi connectivity index (χ1n) is 5.79. The van der Waals surface area contributed by atoms with E-state index in [-0.39, 0.29) is 17.2 Å². The molecule has 0 aromatic heterocycles. The molecule has 100 valence electrons. The second kappa shape index (κ2) is 5.73. The van der Waals surface area contributed by atoms with Crippen LogP contribution in [0.4, 0.5) is 0 Å². The maximum absolute atomic E-state index is 12.1. The van der Waals surface area contributed by atoms with Crippen molar-refractivity contribution in [3.05, 3.63) is 23.8 Å². The predicted molar refractivity (Wildman–Crippen MR) is 69.9 cm³/mol. The fraction of sp³-hybridized carbons (Fsp3) is 0.462. The molecule has 0 unspecified atom stereocenters. The van der Waals surface area contributed by atoms with Crippen molar-refractivity contribution in [3.8, 4) is 11.5 Å². The fourth-order valence-corrected chi connectivity index (χ4v) is 1.62. The molecule has 0 aliphatic heterocycles. The number of aromatic hydroxyl groups is 1. The summed E-state index contributed by atoms with van der Waals surface area (Å²) in [5, 5.41) is 12.5. The lowest BCUT2D eigenvalue weighted by Crippen LogP contribution is -2.44. The highest BCUT2D eigenvalue weighted by Crippen LogP contribution is 2.23. The first kappa shape index (κ1) is 14.3. The van der Waals surface area contributed by atoms with Gasteiger partial charge in [-0.2, -0.15) is 0 Å². The standard InChI is InChI=1S/C13H20N2O3/c1-13(2,6-7-14)15-12(17)10-8-9(18-3)4-5-11(10)16/h4-5,8,16H,6-7,14H2,1-3H3,(H,15,17). The van der Waals surface area contributed by atoms with Crippen LogP contribution in [0.3, 0.4) is 0 Å². The van der Waals surface area contributed by atoms with Gasteiger partial charge in [0.25, 0.3) is 5.91 Å². The molecular weight excluding hydrogens is 232 g/mol. The maximum Gasteiger partial charge on any atom is 0.255 e. The van der Waals surface area contributed by atoms with Gasteiger partial charge in [-0.1, -0.05) is 0 Å². The molecule has 1 aromatic rings. The molecule has 18 heavy (non-hydrogen) atoms. The Morgan fingerprint density at radius 2 is 2.17 bits per heavy atom. The SMILES string of the molecule is COc1ccc(O)c(C(=O)NC(C)(C)CCN)c1. The summed E-state index contributed by atoms with van der Waals surface area (Å²) in [5.74, 6) is 0.108. The molecule has 0 heterocycles. The molecule has 4 N–H and O–H groups in total. The van der Waals surface area contributed by atoms with Crippen LogP contribution in [0.1, 0.15) is 30.6 Å². The Bertz CT molecular complexity index is 430. The van der Waals surface area contributed by atoms with Crippen LogP contribution in [-0.4, -0.2) is 30.2 Å². The number of phenols is 1. The summed E-state index contributed by atoms with van der Waals surface area (Å²) >= 11 is 0. The minimum atomic E-state index is -0.415. The van der Waals surface area contributed by atoms with E-state index in [0.29, 0.717) is 18.7 Å². The molecule has 1 amide bonds. The van der Waals surface area contributed by atoms with E-state index in [9.17, 15) is 9.90 Å². The Hall–Kier alpha value is -1.75. The average Bonchev–Trinajstić information content (AvgIpc) is 2.28. The summed E-state index contributed by atoms with van der Waals surface area (Å²) in [7, 11) is 1.51. The number of nitrogens with one attached hydrogen (secondary N) is 1. The van der Waals surface area contributed by atoms with Crippen LogP contribution in [0.2, 0.25) is 0 Å². The third kappa shape index (κ3) is 3.63. The van der Waals surface area contributed by atoms with E-state index in [1.54, 1.807) is 6.07 Å². The van der Waals surface area contributed by atoms with Crippen molar-refractivity contribution >= 4 is 5.91 Å². The summed E-state index contributed by atoms with van der Waals surface area (Å²) in [5.41, 5.74) is 5.26. The zero-order valence-electron chi connectivity index (χ0n) is 11.0. The van der Waals surface area contributed by atoms with E-state index < -0.39 is 5.54 Å². The number of rotatable bonds is 5. The number of ether oxygens (including phenoxy) is 1. The number of carbonyl (C=O) groups is 1. The minimum Gasteiger partial charge on any atom is -0.507 e. The summed E-state index contributed by atoms with van der Waals surface area (Å²) in [6, 6.07) is 4.53. The van der Waals surface area contributed by atoms with Crippen LogP contribution in [0.5, 0.6) is 11.5 Å². The second-order valence-electron chi connectivity index (χ2n) is 4.76. The topological polar surface area (TPSA) is 84.6 Å². The van der Waals surface area contributed by atoms with Crippen LogP contribution in [0.15, 0.2) is 18.2 Å². The van der Waals surface area contributed by atoms with Gasteiger partial charge in [-0.05, 0) is 45.0 Å². The Morgan fingerprint density at radius 1 is 1.50 bits per heavy atom. The Kier molecular flexibility index (Phi) is 4.55. The molecule has 0 radical (unpaired) electrons. The van der Waals surface area contributed by atoms with Gasteiger partial charge < -0.3 is 20.9 Å². The first-order valence-corrected chi connectivity index (χ1v) is 5.79. The molecule has 5 nitrogen and oxygen atoms in total. The molecular formula is C13H20N2O3. The van der Waals surface area contributed by atoms with Crippen LogP contribution >= 0.6 is 0 Å². The molecule has 0 saturated heterocycles. The van der Waals surface area contributed by atoms with Gasteiger partial charge in [-0.15, -0.1) is 0 Å². The lowest BCUT2D eigenvalue weighted by atomic mass is 10.00. The number of carbonyl (C=O) groups excluding carboxylic acids is 1. The van der Waals surface area contributed by atoms with Gasteiger partial charge in [0.2, 0.25) is 0 Å². The minimum absolute atomic E-state index is 0.0724. The lowest BCUT2D eigenvalue weighted by molar-refractivity contribution is 0.0907. The van der Waals surface area contributed by atoms with Crippen LogP contribution in [0.25, 0.3) is 0 Å². The smallest absolute Gasteiger partial charge is 0.255 e. The van der Waals surface area contributed by atoms with E-state index in [1.807, 2.05) is 13.8 Å². The number of hydrogen-bond donors (Lipinski definition) is 3. The van der Waals surface area contributed by atoms with Crippen LogP contribution < -0.4 is 15.8 Å². The average molecular weight is 252 g/mol. The lowest BCUT2D eigenvalue weighted by Gasteiger charge is -2.25. The summed E-state index contributed by atoms with van der Waals surface area (Å²) in [6.45, 7) is 4.25. The summed E-state index contributed by atoms with van der Waals surface area (Å²) < 4.78 is 5.03. The zero-order chi connectivity index (χ0) is 13.8. The van der Waals surface area contributed by atoms with Crippen molar-refractivity contribution in [3.63, 3.8) is 0 Å². The molecule has 0 aliphatic rings. The normalized spacial score (nSPS) is 11.1. The third-order valence-corrected chi connectivity index (χ3v) is 2.67. The first-order chi connectivity index (χ1) is 8.39. The van der Waals surface area contributed by atoms with E-state index >= 15 is 0 Å². The number of amides is 1. The van der Waals surface area contributed by atoms with Crippen molar-refractivity contribution in [1.82, 2.24) is 5.32 Å². The van der Waals surface area contributed by atoms with E-state index in [0.717, 1.165) is 0 Å². The van der Waals surface area contributed by atoms with Gasteiger partial charge in [0.05, 0.1) is 12.7 Å². The summed E-state index contributed by atoms with van der Waals surface area (Å²) in [4.78, 5) is 12.1. The fourth-order valence-electron chi connectivity index (χ4n) is 1.62. The van der Waals surface area contributed by atoms with Gasteiger partial charge >= 0.3 is 0 Å². The highest BCUT2D eigenvalue weighted by atomic mass is 16.5. The molecule has 0 aliphatic carbocycles. The number of nitrogens with two attached hydrogens (primary N) is 1. The van der Waals surface area contributed by atoms with Gasteiger partial charge in [-0.3, -0.25) is 4.79 Å². The van der Waals surface area contributed by atoms with Crippen molar-refractivity contribution < 1.29 is 14.6 Å². The molecule has 0 spiro atoms. The predicted octanol–water partition coefficient (Wildman–Crippen LogP) is 1.26. The third-order valence-electron chi connectivity index (χ3n) is 2.67. The zero-order valence-corrected chi connectivity index (χ0v) is 11.0. The molecule has 0 fully saturated rings. The van der Waals surface area contributed by atoms with E-state index in [1.165, 1.54) is 19.2 Å². The van der Waals surface area contributed by atoms with Crippen molar-refractivity contribution in [1.29, 1.82) is 0 Å². The van der Waals surface area contributed by atoms with Crippen LogP contribution in [-0.2, 0) is 0 Å². The van der Waals surface area contributed by atoms with Crippen molar-refractivity contribution in [2.24, 2.45) is 5.73 Å². The van der Waals surface area contributed by atoms with Gasteiger partial charge in [0, 0.05) is 5.54 Å². The Balaban J connectivity index is 2.90. The molecule has 5 heteroatoms. The molecule has 0 saturated carbocycles. The summed E-state index contributed by atoms with van der Waals surface area (Å²) in [6.07, 6.45) is 0.656. The quantitative estimate of drug-likeness (QED) is 0.736.